The SMILES string of the molecule is CCOC(=O)/C(F)=C(/C)c1cc(C)cc(C)c1. The summed E-state index contributed by atoms with van der Waals surface area (Å²) in [5.41, 5.74) is 3.11. The monoisotopic (exact) mass is 236 g/mol. The van der Waals surface area contributed by atoms with E-state index in [0.717, 1.165) is 11.1 Å². The first-order valence-electron chi connectivity index (χ1n) is 5.58. The lowest BCUT2D eigenvalue weighted by molar-refractivity contribution is -0.140. The zero-order valence-electron chi connectivity index (χ0n) is 10.6. The van der Waals surface area contributed by atoms with Gasteiger partial charge in [0.15, 0.2) is 0 Å². The van der Waals surface area contributed by atoms with Gasteiger partial charge in [-0.2, -0.15) is 4.39 Å². The molecule has 0 N–H and O–H groups in total. The first-order chi connectivity index (χ1) is 7.95. The standard InChI is InChI=1S/C14H17FO2/c1-5-17-14(16)13(15)11(4)12-7-9(2)6-10(3)8-12/h6-8H,5H2,1-4H3/b13-11+. The molecule has 1 rings (SSSR count). The molecule has 0 spiro atoms. The first kappa shape index (κ1) is 13.4. The molecular formula is C14H17FO2. The molecule has 0 radical (unpaired) electrons. The number of rotatable bonds is 3. The summed E-state index contributed by atoms with van der Waals surface area (Å²) < 4.78 is 18.4. The normalized spacial score (nSPS) is 12.1. The Labute approximate surface area is 101 Å². The summed E-state index contributed by atoms with van der Waals surface area (Å²) >= 11 is 0. The van der Waals surface area contributed by atoms with E-state index in [2.05, 4.69) is 4.74 Å². The van der Waals surface area contributed by atoms with Gasteiger partial charge in [-0.05, 0) is 38.8 Å². The first-order valence-corrected chi connectivity index (χ1v) is 5.58. The van der Waals surface area contributed by atoms with Crippen molar-refractivity contribution in [1.82, 2.24) is 0 Å². The molecule has 0 saturated heterocycles. The van der Waals surface area contributed by atoms with Gasteiger partial charge in [0, 0.05) is 0 Å². The summed E-state index contributed by atoms with van der Waals surface area (Å²) in [5, 5.41) is 0. The number of halogens is 1. The van der Waals surface area contributed by atoms with Crippen LogP contribution in [0.5, 0.6) is 0 Å². The Kier molecular flexibility index (Phi) is 4.44. The van der Waals surface area contributed by atoms with Crippen LogP contribution in [0.25, 0.3) is 5.57 Å². The quantitative estimate of drug-likeness (QED) is 0.592. The molecule has 92 valence electrons. The number of hydrogen-bond donors (Lipinski definition) is 0. The third-order valence-electron chi connectivity index (χ3n) is 2.44. The highest BCUT2D eigenvalue weighted by Gasteiger charge is 2.14. The maximum Gasteiger partial charge on any atom is 0.367 e. The van der Waals surface area contributed by atoms with Gasteiger partial charge in [-0.15, -0.1) is 0 Å². The molecule has 3 heteroatoms. The number of esters is 1. The summed E-state index contributed by atoms with van der Waals surface area (Å²) in [6, 6.07) is 5.70. The van der Waals surface area contributed by atoms with Crippen molar-refractivity contribution in [2.75, 3.05) is 6.61 Å². The van der Waals surface area contributed by atoms with E-state index < -0.39 is 11.8 Å². The molecule has 0 aliphatic carbocycles. The van der Waals surface area contributed by atoms with E-state index >= 15 is 0 Å². The van der Waals surface area contributed by atoms with Crippen molar-refractivity contribution < 1.29 is 13.9 Å². The summed E-state index contributed by atoms with van der Waals surface area (Å²) in [7, 11) is 0. The molecule has 0 heterocycles. The predicted octanol–water partition coefficient (Wildman–Crippen LogP) is 3.57. The third kappa shape index (κ3) is 3.41. The molecule has 0 aromatic heterocycles. The van der Waals surface area contributed by atoms with Crippen molar-refractivity contribution in [3.05, 3.63) is 40.7 Å². The van der Waals surface area contributed by atoms with Gasteiger partial charge in [0.1, 0.15) is 0 Å². The maximum absolute atomic E-state index is 13.7. The molecule has 2 nitrogen and oxygen atoms in total. The minimum absolute atomic E-state index is 0.173. The molecule has 0 atom stereocenters. The molecule has 0 fully saturated rings. The number of carbonyl (C=O) groups is 1. The predicted molar refractivity (Wildman–Crippen MR) is 66.3 cm³/mol. The van der Waals surface area contributed by atoms with E-state index in [9.17, 15) is 9.18 Å². The lowest BCUT2D eigenvalue weighted by atomic mass is 10.0. The number of allylic oxidation sites excluding steroid dienone is 1. The average Bonchev–Trinajstić information content (AvgIpc) is 2.26. The van der Waals surface area contributed by atoms with Crippen molar-refractivity contribution in [3.63, 3.8) is 0 Å². The maximum atomic E-state index is 13.7. The number of carbonyl (C=O) groups excluding carboxylic acids is 1. The fraction of sp³-hybridized carbons (Fsp3) is 0.357. The number of ether oxygens (including phenoxy) is 1. The van der Waals surface area contributed by atoms with Crippen LogP contribution < -0.4 is 0 Å². The van der Waals surface area contributed by atoms with E-state index in [4.69, 9.17) is 0 Å². The van der Waals surface area contributed by atoms with Gasteiger partial charge in [0.2, 0.25) is 5.83 Å². The molecule has 1 aromatic rings. The van der Waals surface area contributed by atoms with Crippen LogP contribution in [0.1, 0.15) is 30.5 Å². The Morgan fingerprint density at radius 1 is 1.24 bits per heavy atom. The lowest BCUT2D eigenvalue weighted by Gasteiger charge is -2.07. The van der Waals surface area contributed by atoms with Crippen LogP contribution in [-0.2, 0) is 9.53 Å². The van der Waals surface area contributed by atoms with Crippen LogP contribution >= 0.6 is 0 Å². The smallest absolute Gasteiger partial charge is 0.367 e. The fourth-order valence-corrected chi connectivity index (χ4v) is 1.67. The number of aryl methyl sites for hydroxylation is 2. The molecule has 1 aromatic carbocycles. The Hall–Kier alpha value is -1.64. The van der Waals surface area contributed by atoms with Gasteiger partial charge in [-0.3, -0.25) is 0 Å². The molecule has 17 heavy (non-hydrogen) atoms. The Morgan fingerprint density at radius 3 is 2.24 bits per heavy atom. The van der Waals surface area contributed by atoms with Gasteiger partial charge >= 0.3 is 5.97 Å². The van der Waals surface area contributed by atoms with Gasteiger partial charge in [0.05, 0.1) is 6.61 Å². The molecule has 0 unspecified atom stereocenters. The summed E-state index contributed by atoms with van der Waals surface area (Å²) in [5.74, 6) is -1.72. The van der Waals surface area contributed by atoms with Gasteiger partial charge in [-0.1, -0.05) is 29.3 Å². The van der Waals surface area contributed by atoms with Crippen molar-refractivity contribution in [3.8, 4) is 0 Å². The Bertz CT molecular complexity index is 441. The molecule has 0 saturated carbocycles. The fourth-order valence-electron chi connectivity index (χ4n) is 1.67. The van der Waals surface area contributed by atoms with Crippen LogP contribution in [0.4, 0.5) is 4.39 Å². The van der Waals surface area contributed by atoms with Gasteiger partial charge in [-0.25, -0.2) is 4.79 Å². The van der Waals surface area contributed by atoms with E-state index in [1.807, 2.05) is 32.0 Å². The zero-order chi connectivity index (χ0) is 13.0. The van der Waals surface area contributed by atoms with E-state index in [1.54, 1.807) is 13.8 Å². The highest BCUT2D eigenvalue weighted by Crippen LogP contribution is 2.22. The van der Waals surface area contributed by atoms with Crippen LogP contribution in [0, 0.1) is 13.8 Å². The minimum atomic E-state index is -0.899. The highest BCUT2D eigenvalue weighted by molar-refractivity contribution is 5.94. The van der Waals surface area contributed by atoms with Crippen LogP contribution in [0.3, 0.4) is 0 Å². The Balaban J connectivity index is 3.13. The van der Waals surface area contributed by atoms with Gasteiger partial charge in [0.25, 0.3) is 0 Å². The molecule has 0 amide bonds. The van der Waals surface area contributed by atoms with Crippen molar-refractivity contribution >= 4 is 11.5 Å². The molecular weight excluding hydrogens is 219 g/mol. The summed E-state index contributed by atoms with van der Waals surface area (Å²) in [6.45, 7) is 7.28. The van der Waals surface area contributed by atoms with Gasteiger partial charge < -0.3 is 4.74 Å². The van der Waals surface area contributed by atoms with E-state index in [0.29, 0.717) is 11.1 Å². The van der Waals surface area contributed by atoms with Crippen LogP contribution in [0.2, 0.25) is 0 Å². The number of benzene rings is 1. The minimum Gasteiger partial charge on any atom is -0.461 e. The Morgan fingerprint density at radius 2 is 1.76 bits per heavy atom. The second-order valence-electron chi connectivity index (χ2n) is 4.04. The average molecular weight is 236 g/mol. The zero-order valence-corrected chi connectivity index (χ0v) is 10.6. The number of hydrogen-bond acceptors (Lipinski definition) is 2. The van der Waals surface area contributed by atoms with Crippen molar-refractivity contribution in [2.24, 2.45) is 0 Å². The summed E-state index contributed by atoms with van der Waals surface area (Å²) in [6.07, 6.45) is 0. The van der Waals surface area contributed by atoms with Crippen LogP contribution in [0.15, 0.2) is 24.0 Å². The third-order valence-corrected chi connectivity index (χ3v) is 2.44. The second kappa shape index (κ2) is 5.62. The van der Waals surface area contributed by atoms with E-state index in [1.165, 1.54) is 0 Å². The summed E-state index contributed by atoms with van der Waals surface area (Å²) in [4.78, 5) is 11.3. The lowest BCUT2D eigenvalue weighted by Crippen LogP contribution is -2.06. The molecule has 0 bridgehead atoms. The highest BCUT2D eigenvalue weighted by atomic mass is 19.1. The second-order valence-corrected chi connectivity index (χ2v) is 4.04. The van der Waals surface area contributed by atoms with E-state index in [-0.39, 0.29) is 6.61 Å². The van der Waals surface area contributed by atoms with Crippen molar-refractivity contribution in [2.45, 2.75) is 27.7 Å². The molecule has 0 aliphatic heterocycles. The largest absolute Gasteiger partial charge is 0.461 e. The topological polar surface area (TPSA) is 26.3 Å². The van der Waals surface area contributed by atoms with Crippen LogP contribution in [-0.4, -0.2) is 12.6 Å². The van der Waals surface area contributed by atoms with Crippen molar-refractivity contribution in [1.29, 1.82) is 0 Å². The molecule has 0 aliphatic rings.